The number of hydrogen-bond donors (Lipinski definition) is 1. The summed E-state index contributed by atoms with van der Waals surface area (Å²) in [5.41, 5.74) is 0.482. The minimum Gasteiger partial charge on any atom is -0.352 e. The maximum atomic E-state index is 13.3. The summed E-state index contributed by atoms with van der Waals surface area (Å²) in [7, 11) is -4.15. The molecule has 31 heavy (non-hydrogen) atoms. The summed E-state index contributed by atoms with van der Waals surface area (Å²) in [5, 5.41) is 6.71. The van der Waals surface area contributed by atoms with E-state index in [2.05, 4.69) is 10.4 Å². The summed E-state index contributed by atoms with van der Waals surface area (Å²) < 4.78 is 27.4. The number of aromatic nitrogens is 2. The van der Waals surface area contributed by atoms with Gasteiger partial charge >= 0.3 is 0 Å². The van der Waals surface area contributed by atoms with Crippen LogP contribution in [0.15, 0.2) is 71.1 Å². The van der Waals surface area contributed by atoms with Crippen molar-refractivity contribution in [1.29, 1.82) is 0 Å². The van der Waals surface area contributed by atoms with Gasteiger partial charge in [0.05, 0.1) is 16.2 Å². The lowest BCUT2D eigenvalue weighted by Crippen LogP contribution is -2.31. The van der Waals surface area contributed by atoms with Gasteiger partial charge in [-0.2, -0.15) is 17.6 Å². The number of carbonyl (C=O) groups excluding carboxylic acids is 3. The van der Waals surface area contributed by atoms with Gasteiger partial charge in [-0.1, -0.05) is 48.5 Å². The lowest BCUT2D eigenvalue weighted by atomic mass is 9.91. The number of nitrogens with one attached hydrogen (secondary N) is 1. The van der Waals surface area contributed by atoms with E-state index < -0.39 is 21.6 Å². The molecule has 1 heterocycles. The number of nitrogens with zero attached hydrogens (tertiary/aromatic N) is 2. The first-order valence-electron chi connectivity index (χ1n) is 9.34. The Balaban J connectivity index is 1.98. The SMILES string of the molecule is CC(=O)NCC1=Cc2c(c(-c3ccccc3)nn2S(=O)(=O)c2ccccc2)C(=O)C1=O. The molecule has 0 saturated heterocycles. The van der Waals surface area contributed by atoms with Crippen molar-refractivity contribution < 1.29 is 22.8 Å². The first-order valence-corrected chi connectivity index (χ1v) is 10.8. The number of amides is 1. The van der Waals surface area contributed by atoms with Gasteiger partial charge in [-0.05, 0) is 18.2 Å². The molecule has 0 radical (unpaired) electrons. The summed E-state index contributed by atoms with van der Waals surface area (Å²) >= 11 is 0. The maximum absolute atomic E-state index is 13.3. The summed E-state index contributed by atoms with van der Waals surface area (Å²) in [6.07, 6.45) is 1.30. The molecule has 0 atom stereocenters. The van der Waals surface area contributed by atoms with Crippen molar-refractivity contribution in [3.05, 3.63) is 77.5 Å². The molecule has 0 spiro atoms. The Labute approximate surface area is 178 Å². The highest BCUT2D eigenvalue weighted by Crippen LogP contribution is 2.33. The lowest BCUT2D eigenvalue weighted by molar-refractivity contribution is -0.118. The predicted molar refractivity (Wildman–Crippen MR) is 113 cm³/mol. The number of rotatable bonds is 5. The number of carbonyl (C=O) groups is 3. The quantitative estimate of drug-likeness (QED) is 0.614. The van der Waals surface area contributed by atoms with Crippen molar-refractivity contribution in [1.82, 2.24) is 14.5 Å². The smallest absolute Gasteiger partial charge is 0.283 e. The van der Waals surface area contributed by atoms with Gasteiger partial charge in [0.1, 0.15) is 5.69 Å². The summed E-state index contributed by atoms with van der Waals surface area (Å²) in [4.78, 5) is 36.9. The largest absolute Gasteiger partial charge is 0.352 e. The first kappa shape index (κ1) is 20.4. The van der Waals surface area contributed by atoms with Crippen LogP contribution in [-0.4, -0.2) is 41.6 Å². The van der Waals surface area contributed by atoms with E-state index >= 15 is 0 Å². The van der Waals surface area contributed by atoms with Crippen molar-refractivity contribution in [3.8, 4) is 11.3 Å². The molecule has 1 aromatic heterocycles. The van der Waals surface area contributed by atoms with Crippen LogP contribution >= 0.6 is 0 Å². The summed E-state index contributed by atoms with van der Waals surface area (Å²) in [5.74, 6) is -2.07. The molecular formula is C22H17N3O5S. The molecule has 1 N–H and O–H groups in total. The zero-order valence-electron chi connectivity index (χ0n) is 16.4. The van der Waals surface area contributed by atoms with Crippen LogP contribution in [0.2, 0.25) is 0 Å². The van der Waals surface area contributed by atoms with Crippen LogP contribution in [0.1, 0.15) is 23.0 Å². The standard InChI is InChI=1S/C22H17N3O5S/c1-14(26)23-13-16-12-18-19(22(28)21(16)27)20(15-8-4-2-5-9-15)24-25(18)31(29,30)17-10-6-3-7-11-17/h2-12H,13H2,1H3,(H,23,26). The van der Waals surface area contributed by atoms with Gasteiger partial charge in [-0.15, -0.1) is 0 Å². The van der Waals surface area contributed by atoms with Gasteiger partial charge in [0.25, 0.3) is 10.0 Å². The van der Waals surface area contributed by atoms with Crippen LogP contribution in [-0.2, 0) is 19.6 Å². The Bertz CT molecular complexity index is 1340. The second-order valence-corrected chi connectivity index (χ2v) is 8.64. The fourth-order valence-electron chi connectivity index (χ4n) is 3.28. The fraction of sp³-hybridized carbons (Fsp3) is 0.0909. The molecule has 8 nitrogen and oxygen atoms in total. The Morgan fingerprint density at radius 3 is 2.19 bits per heavy atom. The molecule has 0 aliphatic heterocycles. The minimum atomic E-state index is -4.15. The molecule has 0 saturated carbocycles. The molecule has 0 unspecified atom stereocenters. The van der Waals surface area contributed by atoms with Crippen LogP contribution in [0, 0.1) is 0 Å². The van der Waals surface area contributed by atoms with E-state index in [0.29, 0.717) is 5.56 Å². The Morgan fingerprint density at radius 1 is 0.968 bits per heavy atom. The molecule has 0 fully saturated rings. The van der Waals surface area contributed by atoms with Crippen molar-refractivity contribution in [3.63, 3.8) is 0 Å². The summed E-state index contributed by atoms with van der Waals surface area (Å²) in [6, 6.07) is 16.2. The highest BCUT2D eigenvalue weighted by molar-refractivity contribution is 7.89. The van der Waals surface area contributed by atoms with Crippen molar-refractivity contribution >= 4 is 33.6 Å². The second kappa shape index (κ2) is 7.77. The number of hydrogen-bond acceptors (Lipinski definition) is 6. The topological polar surface area (TPSA) is 115 Å². The van der Waals surface area contributed by atoms with E-state index in [4.69, 9.17) is 0 Å². The van der Waals surface area contributed by atoms with Crippen LogP contribution in [0.5, 0.6) is 0 Å². The third-order valence-corrected chi connectivity index (χ3v) is 6.37. The predicted octanol–water partition coefficient (Wildman–Crippen LogP) is 2.07. The van der Waals surface area contributed by atoms with Crippen LogP contribution in [0.3, 0.4) is 0 Å². The Morgan fingerprint density at radius 2 is 1.58 bits per heavy atom. The van der Waals surface area contributed by atoms with Crippen molar-refractivity contribution in [2.45, 2.75) is 11.8 Å². The lowest BCUT2D eigenvalue weighted by Gasteiger charge is -2.14. The third kappa shape index (κ3) is 3.59. The molecule has 1 aliphatic rings. The normalized spacial score (nSPS) is 13.5. The highest BCUT2D eigenvalue weighted by Gasteiger charge is 2.37. The fourth-order valence-corrected chi connectivity index (χ4v) is 4.57. The monoisotopic (exact) mass is 435 g/mol. The summed E-state index contributed by atoms with van der Waals surface area (Å²) in [6.45, 7) is 1.08. The van der Waals surface area contributed by atoms with Crippen LogP contribution < -0.4 is 5.32 Å². The minimum absolute atomic E-state index is 0.0129. The number of fused-ring (bicyclic) bond motifs is 1. The van der Waals surface area contributed by atoms with Crippen molar-refractivity contribution in [2.75, 3.05) is 6.54 Å². The molecule has 156 valence electrons. The average molecular weight is 435 g/mol. The van der Waals surface area contributed by atoms with Gasteiger partial charge in [-0.25, -0.2) is 0 Å². The van der Waals surface area contributed by atoms with E-state index in [1.54, 1.807) is 48.5 Å². The number of Topliss-reactive ketones (excluding diaryl/α,β-unsaturated/α-hetero) is 2. The average Bonchev–Trinajstić information content (AvgIpc) is 3.17. The molecule has 3 aromatic rings. The van der Waals surface area contributed by atoms with Gasteiger partial charge in [-0.3, -0.25) is 14.4 Å². The molecule has 0 bridgehead atoms. The van der Waals surface area contributed by atoms with Crippen molar-refractivity contribution in [2.24, 2.45) is 0 Å². The first-order chi connectivity index (χ1) is 14.8. The van der Waals surface area contributed by atoms with E-state index in [0.717, 1.165) is 4.09 Å². The Kier molecular flexibility index (Phi) is 5.12. The maximum Gasteiger partial charge on any atom is 0.283 e. The molecule has 2 aromatic carbocycles. The van der Waals surface area contributed by atoms with Gasteiger partial charge in [0.15, 0.2) is 0 Å². The van der Waals surface area contributed by atoms with E-state index in [-0.39, 0.29) is 39.9 Å². The molecular weight excluding hydrogens is 418 g/mol. The number of ketones is 2. The highest BCUT2D eigenvalue weighted by atomic mass is 32.2. The Hall–Kier alpha value is -3.85. The van der Waals surface area contributed by atoms with Gasteiger partial charge < -0.3 is 5.32 Å². The molecule has 9 heteroatoms. The van der Waals surface area contributed by atoms with Crippen LogP contribution in [0.25, 0.3) is 17.3 Å². The third-order valence-electron chi connectivity index (χ3n) is 4.77. The zero-order valence-corrected chi connectivity index (χ0v) is 17.2. The molecule has 1 amide bonds. The zero-order chi connectivity index (χ0) is 22.2. The molecule has 1 aliphatic carbocycles. The number of benzene rings is 2. The van der Waals surface area contributed by atoms with Crippen LogP contribution in [0.4, 0.5) is 0 Å². The van der Waals surface area contributed by atoms with E-state index in [9.17, 15) is 22.8 Å². The van der Waals surface area contributed by atoms with Gasteiger partial charge in [0.2, 0.25) is 17.5 Å². The van der Waals surface area contributed by atoms with Gasteiger partial charge in [0, 0.05) is 24.6 Å². The van der Waals surface area contributed by atoms with E-state index in [1.165, 1.54) is 25.1 Å². The second-order valence-electron chi connectivity index (χ2n) is 6.87. The molecule has 4 rings (SSSR count). The van der Waals surface area contributed by atoms with E-state index in [1.807, 2.05) is 0 Å².